The molecule has 29 heavy (non-hydrogen) atoms. The first-order valence-corrected chi connectivity index (χ1v) is 5.94. The van der Waals surface area contributed by atoms with Crippen LogP contribution in [-0.2, 0) is 0 Å². The molecule has 0 aliphatic carbocycles. The average Bonchev–Trinajstić information content (AvgIpc) is 2.43. The highest BCUT2D eigenvalue weighted by molar-refractivity contribution is 5.16. The van der Waals surface area contributed by atoms with Crippen molar-refractivity contribution in [2.75, 3.05) is 0 Å². The van der Waals surface area contributed by atoms with Crippen molar-refractivity contribution in [3.63, 3.8) is 0 Å². The maximum Gasteiger partial charge on any atom is 0.460 e. The summed E-state index contributed by atoms with van der Waals surface area (Å²) in [6.07, 6.45) is -7.88. The van der Waals surface area contributed by atoms with Gasteiger partial charge in [0.2, 0.25) is 0 Å². The lowest BCUT2D eigenvalue weighted by molar-refractivity contribution is -0.467. The van der Waals surface area contributed by atoms with Gasteiger partial charge < -0.3 is 0 Å². The van der Waals surface area contributed by atoms with Gasteiger partial charge in [-0.15, -0.1) is 0 Å². The molecule has 1 radical (unpaired) electrons. The first kappa shape index (κ1) is 27.7. The largest absolute Gasteiger partial charge is 0.460 e. The summed E-state index contributed by atoms with van der Waals surface area (Å²) in [7, 11) is 0. The van der Waals surface area contributed by atoms with Crippen molar-refractivity contribution in [2.45, 2.75) is 53.6 Å². The highest BCUT2D eigenvalue weighted by Gasteiger charge is 2.96. The van der Waals surface area contributed by atoms with E-state index in [1.165, 1.54) is 0 Å². The molecule has 0 spiro atoms. The molecule has 0 saturated heterocycles. The van der Waals surface area contributed by atoms with Crippen LogP contribution in [0.15, 0.2) is 0 Å². The van der Waals surface area contributed by atoms with Crippen molar-refractivity contribution in [2.24, 2.45) is 0 Å². The summed E-state index contributed by atoms with van der Waals surface area (Å²) in [4.78, 5) is 0. The predicted molar refractivity (Wildman–Crippen MR) is 51.0 cm³/mol. The first-order chi connectivity index (χ1) is 12.0. The second-order valence-corrected chi connectivity index (χ2v) is 5.22. The van der Waals surface area contributed by atoms with Gasteiger partial charge in [-0.25, -0.2) is 0 Å². The molecule has 0 aromatic rings. The quantitative estimate of drug-likeness (QED) is 0.365. The Bertz CT molecular complexity index is 549. The second kappa shape index (κ2) is 6.34. The van der Waals surface area contributed by atoms with Crippen molar-refractivity contribution in [3.05, 3.63) is 6.92 Å². The van der Waals surface area contributed by atoms with Gasteiger partial charge in [-0.1, -0.05) is 0 Å². The summed E-state index contributed by atoms with van der Waals surface area (Å²) in [5.41, 5.74) is 0. The molecule has 0 unspecified atom stereocenters. The van der Waals surface area contributed by atoms with Gasteiger partial charge in [-0.3, -0.25) is 0 Å². The third kappa shape index (κ3) is 3.25. The minimum atomic E-state index is -8.88. The molecule has 0 N–H and O–H groups in total. The zero-order valence-corrected chi connectivity index (χ0v) is 12.4. The molecular formula is C10H2F19. The van der Waals surface area contributed by atoms with E-state index in [1.54, 1.807) is 0 Å². The fourth-order valence-electron chi connectivity index (χ4n) is 1.39. The van der Waals surface area contributed by atoms with Gasteiger partial charge in [0.15, 0.2) is 0 Å². The molecular weight excluding hydrogens is 481 g/mol. The lowest BCUT2D eigenvalue weighted by atomic mass is 9.87. The number of halogens is 19. The third-order valence-corrected chi connectivity index (χ3v) is 3.18. The van der Waals surface area contributed by atoms with Crippen molar-refractivity contribution >= 4 is 0 Å². The van der Waals surface area contributed by atoms with Crippen LogP contribution >= 0.6 is 0 Å². The van der Waals surface area contributed by atoms with Crippen LogP contribution < -0.4 is 0 Å². The van der Waals surface area contributed by atoms with Gasteiger partial charge in [-0.2, -0.15) is 83.4 Å². The van der Waals surface area contributed by atoms with Crippen molar-refractivity contribution in [3.8, 4) is 0 Å². The van der Waals surface area contributed by atoms with Crippen molar-refractivity contribution in [1.29, 1.82) is 0 Å². The molecule has 0 aromatic carbocycles. The smallest absolute Gasteiger partial charge is 0.200 e. The fraction of sp³-hybridized carbons (Fsp3) is 0.900. The highest BCUT2D eigenvalue weighted by Crippen LogP contribution is 2.65. The monoisotopic (exact) mass is 483 g/mol. The first-order valence-electron chi connectivity index (χ1n) is 5.94. The molecule has 0 heterocycles. The molecule has 0 fully saturated rings. The molecule has 0 aliphatic heterocycles. The van der Waals surface area contributed by atoms with E-state index in [0.29, 0.717) is 0 Å². The zero-order chi connectivity index (χ0) is 24.5. The molecule has 0 bridgehead atoms. The number of hydrogen-bond donors (Lipinski definition) is 0. The minimum absolute atomic E-state index is 0.840. The topological polar surface area (TPSA) is 0 Å². The number of alkyl halides is 19. The van der Waals surface area contributed by atoms with Crippen molar-refractivity contribution < 1.29 is 83.4 Å². The third-order valence-electron chi connectivity index (χ3n) is 3.18. The van der Waals surface area contributed by atoms with Crippen LogP contribution in [0.5, 0.6) is 0 Å². The van der Waals surface area contributed by atoms with Crippen molar-refractivity contribution in [1.82, 2.24) is 0 Å². The molecule has 0 amide bonds. The Morgan fingerprint density at radius 1 is 0.276 bits per heavy atom. The lowest BCUT2D eigenvalue weighted by Crippen LogP contribution is -2.75. The van der Waals surface area contributed by atoms with Crippen LogP contribution in [0, 0.1) is 6.92 Å². The van der Waals surface area contributed by atoms with Gasteiger partial charge >= 0.3 is 53.6 Å². The maximum atomic E-state index is 13.0. The zero-order valence-electron chi connectivity index (χ0n) is 12.4. The molecule has 175 valence electrons. The molecule has 0 nitrogen and oxygen atoms in total. The Kier molecular flexibility index (Phi) is 6.04. The van der Waals surface area contributed by atoms with E-state index in [0.717, 1.165) is 6.92 Å². The molecule has 19 heteroatoms. The Morgan fingerprint density at radius 3 is 0.621 bits per heavy atom. The highest BCUT2D eigenvalue weighted by atomic mass is 19.4. The van der Waals surface area contributed by atoms with Gasteiger partial charge in [0, 0.05) is 6.92 Å². The SMILES string of the molecule is [CH2]C(F)(F)C(F)(F)C(F)(F)C(F)(F)C(F)(F)C(F)(F)C(F)(F)C(F)(F)C(F)(F)F. The van der Waals surface area contributed by atoms with E-state index >= 15 is 0 Å². The number of hydrogen-bond acceptors (Lipinski definition) is 0. The maximum absolute atomic E-state index is 13.0. The molecule has 0 saturated carbocycles. The standard InChI is InChI=1S/C10H2F19/c1-2(11,12)3(13,14)4(15,16)5(17,18)6(19,20)7(21,22)8(23,24)9(25,26)10(27,28)29/h1H2. The normalized spacial score (nSPS) is 17.0. The predicted octanol–water partition coefficient (Wildman–Crippen LogP) is 6.47. The number of rotatable bonds is 7. The Balaban J connectivity index is 6.82. The van der Waals surface area contributed by atoms with E-state index in [-0.39, 0.29) is 0 Å². The van der Waals surface area contributed by atoms with Gasteiger partial charge in [-0.05, 0) is 0 Å². The van der Waals surface area contributed by atoms with E-state index in [1.807, 2.05) is 0 Å². The van der Waals surface area contributed by atoms with Gasteiger partial charge in [0.1, 0.15) is 0 Å². The van der Waals surface area contributed by atoms with Crippen LogP contribution in [0.25, 0.3) is 0 Å². The summed E-state index contributed by atoms with van der Waals surface area (Å²) >= 11 is 0. The summed E-state index contributed by atoms with van der Waals surface area (Å²) in [6, 6.07) is 0. The molecule has 0 aromatic heterocycles. The van der Waals surface area contributed by atoms with E-state index in [2.05, 4.69) is 0 Å². The lowest BCUT2D eigenvalue weighted by Gasteiger charge is -2.43. The second-order valence-electron chi connectivity index (χ2n) is 5.22. The summed E-state index contributed by atoms with van der Waals surface area (Å²) in [5.74, 6) is -66.4. The molecule has 0 aliphatic rings. The Labute approximate surface area is 145 Å². The fourth-order valence-corrected chi connectivity index (χ4v) is 1.39. The van der Waals surface area contributed by atoms with Crippen LogP contribution in [0.1, 0.15) is 0 Å². The Morgan fingerprint density at radius 2 is 0.448 bits per heavy atom. The van der Waals surface area contributed by atoms with E-state index in [4.69, 9.17) is 0 Å². The van der Waals surface area contributed by atoms with E-state index < -0.39 is 53.6 Å². The van der Waals surface area contributed by atoms with Crippen LogP contribution in [-0.4, -0.2) is 53.6 Å². The Hall–Kier alpha value is -1.33. The van der Waals surface area contributed by atoms with Gasteiger partial charge in [0.05, 0.1) is 0 Å². The van der Waals surface area contributed by atoms with E-state index in [9.17, 15) is 83.4 Å². The van der Waals surface area contributed by atoms with Crippen LogP contribution in [0.3, 0.4) is 0 Å². The van der Waals surface area contributed by atoms with Crippen LogP contribution in [0.2, 0.25) is 0 Å². The average molecular weight is 483 g/mol. The summed E-state index contributed by atoms with van der Waals surface area (Å²) < 4.78 is 240. The summed E-state index contributed by atoms with van der Waals surface area (Å²) in [5, 5.41) is 0. The van der Waals surface area contributed by atoms with Gasteiger partial charge in [0.25, 0.3) is 0 Å². The molecule has 0 rings (SSSR count). The summed E-state index contributed by atoms with van der Waals surface area (Å²) in [6.45, 7) is 0.840. The minimum Gasteiger partial charge on any atom is -0.200 e. The van der Waals surface area contributed by atoms with Crippen LogP contribution in [0.4, 0.5) is 83.4 Å². The molecule has 0 atom stereocenters.